The summed E-state index contributed by atoms with van der Waals surface area (Å²) in [6.45, 7) is 2.83. The number of rotatable bonds is 13. The minimum Gasteiger partial charge on any atom is -0.497 e. The number of nitrogens with one attached hydrogen (secondary N) is 1. The zero-order valence-electron chi connectivity index (χ0n) is 22.0. The molecule has 0 saturated carbocycles. The van der Waals surface area contributed by atoms with Crippen LogP contribution in [0.3, 0.4) is 0 Å². The second kappa shape index (κ2) is 13.9. The van der Waals surface area contributed by atoms with Crippen molar-refractivity contribution in [3.63, 3.8) is 0 Å². The smallest absolute Gasteiger partial charge is 0.243 e. The van der Waals surface area contributed by atoms with Crippen LogP contribution in [-0.2, 0) is 29.0 Å². The summed E-state index contributed by atoms with van der Waals surface area (Å²) in [4.78, 5) is 28.9. The lowest BCUT2D eigenvalue weighted by Gasteiger charge is -2.32. The molecular formula is C30H36N2O5. The van der Waals surface area contributed by atoms with Gasteiger partial charge in [-0.3, -0.25) is 9.59 Å². The maximum Gasteiger partial charge on any atom is 0.243 e. The Bertz CT molecular complexity index is 1150. The Morgan fingerprint density at radius 3 is 2.11 bits per heavy atom. The minimum atomic E-state index is -0.677. The monoisotopic (exact) mass is 504 g/mol. The van der Waals surface area contributed by atoms with Crippen LogP contribution >= 0.6 is 0 Å². The van der Waals surface area contributed by atoms with Crippen molar-refractivity contribution in [1.82, 2.24) is 10.2 Å². The number of benzene rings is 3. The standard InChI is InChI=1S/C30H36N2O5/c1-5-17-31-30(34)26(18-22-9-7-6-8-10-22)32(21-23-11-14-25(35-2)15-12-23)29(33)20-24-13-16-27(36-3)28(19-24)37-4/h6-16,19,26H,5,17-18,20-21H2,1-4H3,(H,31,34)/t26-/m1/s1. The van der Waals surface area contributed by atoms with E-state index in [1.165, 1.54) is 0 Å². The van der Waals surface area contributed by atoms with Crippen LogP contribution in [0, 0.1) is 0 Å². The van der Waals surface area contributed by atoms with E-state index in [-0.39, 0.29) is 24.8 Å². The molecule has 0 aliphatic carbocycles. The Morgan fingerprint density at radius 1 is 0.811 bits per heavy atom. The van der Waals surface area contributed by atoms with E-state index < -0.39 is 6.04 Å². The van der Waals surface area contributed by atoms with Gasteiger partial charge in [0.1, 0.15) is 11.8 Å². The summed E-state index contributed by atoms with van der Waals surface area (Å²) in [5.74, 6) is 1.55. The summed E-state index contributed by atoms with van der Waals surface area (Å²) in [6.07, 6.45) is 1.33. The fraction of sp³-hybridized carbons (Fsp3) is 0.333. The molecule has 37 heavy (non-hydrogen) atoms. The Hall–Kier alpha value is -4.00. The van der Waals surface area contributed by atoms with Gasteiger partial charge in [0.25, 0.3) is 0 Å². The summed E-state index contributed by atoms with van der Waals surface area (Å²) in [5.41, 5.74) is 2.66. The van der Waals surface area contributed by atoms with Gasteiger partial charge in [0.15, 0.2) is 11.5 Å². The van der Waals surface area contributed by atoms with Crippen molar-refractivity contribution in [3.05, 3.63) is 89.5 Å². The molecule has 7 nitrogen and oxygen atoms in total. The highest BCUT2D eigenvalue weighted by molar-refractivity contribution is 5.88. The molecule has 0 saturated heterocycles. The molecular weight excluding hydrogens is 468 g/mol. The molecule has 0 heterocycles. The van der Waals surface area contributed by atoms with Crippen molar-refractivity contribution in [3.8, 4) is 17.2 Å². The molecule has 1 N–H and O–H groups in total. The topological polar surface area (TPSA) is 77.1 Å². The van der Waals surface area contributed by atoms with Gasteiger partial charge >= 0.3 is 0 Å². The van der Waals surface area contributed by atoms with Crippen molar-refractivity contribution in [2.24, 2.45) is 0 Å². The van der Waals surface area contributed by atoms with Gasteiger partial charge in [-0.05, 0) is 47.4 Å². The molecule has 196 valence electrons. The third-order valence-electron chi connectivity index (χ3n) is 6.14. The number of amides is 2. The fourth-order valence-electron chi connectivity index (χ4n) is 4.11. The van der Waals surface area contributed by atoms with Crippen LogP contribution in [0.4, 0.5) is 0 Å². The molecule has 1 atom stereocenters. The highest BCUT2D eigenvalue weighted by Gasteiger charge is 2.30. The van der Waals surface area contributed by atoms with Crippen molar-refractivity contribution in [2.45, 2.75) is 38.8 Å². The van der Waals surface area contributed by atoms with E-state index in [0.717, 1.165) is 28.9 Å². The summed E-state index contributed by atoms with van der Waals surface area (Å²) in [7, 11) is 4.75. The van der Waals surface area contributed by atoms with E-state index >= 15 is 0 Å². The molecule has 0 aliphatic rings. The third-order valence-corrected chi connectivity index (χ3v) is 6.14. The highest BCUT2D eigenvalue weighted by Crippen LogP contribution is 2.28. The van der Waals surface area contributed by atoms with Crippen LogP contribution in [0.1, 0.15) is 30.0 Å². The van der Waals surface area contributed by atoms with Crippen LogP contribution in [-0.4, -0.2) is 50.6 Å². The molecule has 2 amide bonds. The molecule has 0 unspecified atom stereocenters. The average molecular weight is 505 g/mol. The number of carbonyl (C=O) groups excluding carboxylic acids is 2. The molecule has 3 aromatic carbocycles. The number of nitrogens with zero attached hydrogens (tertiary/aromatic N) is 1. The van der Waals surface area contributed by atoms with Gasteiger partial charge in [-0.15, -0.1) is 0 Å². The van der Waals surface area contributed by atoms with E-state index in [9.17, 15) is 9.59 Å². The van der Waals surface area contributed by atoms with E-state index in [1.807, 2.05) is 67.6 Å². The number of hydrogen-bond donors (Lipinski definition) is 1. The summed E-state index contributed by atoms with van der Waals surface area (Å²) in [5, 5.41) is 3.00. The maximum atomic E-state index is 13.9. The Balaban J connectivity index is 1.96. The van der Waals surface area contributed by atoms with Gasteiger partial charge in [-0.2, -0.15) is 0 Å². The normalized spacial score (nSPS) is 11.4. The van der Waals surface area contributed by atoms with Gasteiger partial charge in [-0.1, -0.05) is 55.5 Å². The number of carbonyl (C=O) groups is 2. The van der Waals surface area contributed by atoms with Gasteiger partial charge in [-0.25, -0.2) is 0 Å². The lowest BCUT2D eigenvalue weighted by Crippen LogP contribution is -2.51. The first kappa shape index (κ1) is 27.6. The van der Waals surface area contributed by atoms with Gasteiger partial charge in [0.05, 0.1) is 27.8 Å². The van der Waals surface area contributed by atoms with Gasteiger partial charge < -0.3 is 24.4 Å². The van der Waals surface area contributed by atoms with Crippen LogP contribution in [0.2, 0.25) is 0 Å². The van der Waals surface area contributed by atoms with Crippen LogP contribution in [0.5, 0.6) is 17.2 Å². The first-order valence-corrected chi connectivity index (χ1v) is 12.4. The van der Waals surface area contributed by atoms with Crippen molar-refractivity contribution in [1.29, 1.82) is 0 Å². The second-order valence-corrected chi connectivity index (χ2v) is 8.73. The molecule has 3 rings (SSSR count). The first-order chi connectivity index (χ1) is 18.0. The van der Waals surface area contributed by atoms with Gasteiger partial charge in [0.2, 0.25) is 11.8 Å². The van der Waals surface area contributed by atoms with Crippen LogP contribution in [0.15, 0.2) is 72.8 Å². The Kier molecular flexibility index (Phi) is 10.4. The largest absolute Gasteiger partial charge is 0.497 e. The quantitative estimate of drug-likeness (QED) is 0.373. The zero-order chi connectivity index (χ0) is 26.6. The van der Waals surface area contributed by atoms with Crippen molar-refractivity contribution >= 4 is 11.8 Å². The van der Waals surface area contributed by atoms with E-state index in [0.29, 0.717) is 24.5 Å². The predicted octanol–water partition coefficient (Wildman–Crippen LogP) is 4.42. The zero-order valence-corrected chi connectivity index (χ0v) is 22.0. The molecule has 0 bridgehead atoms. The molecule has 3 aromatic rings. The summed E-state index contributed by atoms with van der Waals surface area (Å²) < 4.78 is 16.0. The number of ether oxygens (including phenoxy) is 3. The van der Waals surface area contributed by atoms with E-state index in [4.69, 9.17) is 14.2 Å². The lowest BCUT2D eigenvalue weighted by atomic mass is 10.0. The highest BCUT2D eigenvalue weighted by atomic mass is 16.5. The third kappa shape index (κ3) is 7.74. The molecule has 0 fully saturated rings. The molecule has 0 aliphatic heterocycles. The number of hydrogen-bond acceptors (Lipinski definition) is 5. The first-order valence-electron chi connectivity index (χ1n) is 12.4. The van der Waals surface area contributed by atoms with Crippen molar-refractivity contribution in [2.75, 3.05) is 27.9 Å². The summed E-state index contributed by atoms with van der Waals surface area (Å²) >= 11 is 0. The molecule has 0 spiro atoms. The van der Waals surface area contributed by atoms with E-state index in [2.05, 4.69) is 5.32 Å². The molecule has 0 radical (unpaired) electrons. The maximum absolute atomic E-state index is 13.9. The summed E-state index contributed by atoms with van der Waals surface area (Å²) in [6, 6.07) is 22.1. The Labute approximate surface area is 219 Å². The predicted molar refractivity (Wildman–Crippen MR) is 144 cm³/mol. The van der Waals surface area contributed by atoms with Crippen molar-refractivity contribution < 1.29 is 23.8 Å². The van der Waals surface area contributed by atoms with Gasteiger partial charge in [0, 0.05) is 19.5 Å². The average Bonchev–Trinajstić information content (AvgIpc) is 2.94. The Morgan fingerprint density at radius 2 is 1.49 bits per heavy atom. The molecule has 7 heteroatoms. The second-order valence-electron chi connectivity index (χ2n) is 8.73. The number of methoxy groups -OCH3 is 3. The van der Waals surface area contributed by atoms with Crippen LogP contribution < -0.4 is 19.5 Å². The fourth-order valence-corrected chi connectivity index (χ4v) is 4.11. The van der Waals surface area contributed by atoms with Crippen LogP contribution in [0.25, 0.3) is 0 Å². The lowest BCUT2D eigenvalue weighted by molar-refractivity contribution is -0.140. The minimum absolute atomic E-state index is 0.114. The SMILES string of the molecule is CCCNC(=O)[C@@H](Cc1ccccc1)N(Cc1ccc(OC)cc1)C(=O)Cc1ccc(OC)c(OC)c1. The van der Waals surface area contributed by atoms with E-state index in [1.54, 1.807) is 38.4 Å². The molecule has 0 aromatic heterocycles.